The molecule has 0 saturated carbocycles. The molecule has 1 aliphatic rings. The second-order valence-corrected chi connectivity index (χ2v) is 13.0. The minimum atomic E-state index is -3.73. The molecule has 0 aromatic heterocycles. The first-order valence-corrected chi connectivity index (χ1v) is 12.6. The van der Waals surface area contributed by atoms with Crippen molar-refractivity contribution < 1.29 is 16.8 Å². The van der Waals surface area contributed by atoms with Crippen molar-refractivity contribution in [2.45, 2.75) is 48.8 Å². The van der Waals surface area contributed by atoms with Gasteiger partial charge in [0.2, 0.25) is 0 Å². The maximum Gasteiger partial charge on any atom is 0.183 e. The van der Waals surface area contributed by atoms with Gasteiger partial charge < -0.3 is 10.2 Å². The van der Waals surface area contributed by atoms with Crippen molar-refractivity contribution in [3.8, 4) is 0 Å². The summed E-state index contributed by atoms with van der Waals surface area (Å²) in [6, 6.07) is 6.27. The van der Waals surface area contributed by atoms with Crippen LogP contribution in [0.1, 0.15) is 32.8 Å². The Morgan fingerprint density at radius 1 is 1.11 bits per heavy atom. The fourth-order valence-corrected chi connectivity index (χ4v) is 8.03. The van der Waals surface area contributed by atoms with Gasteiger partial charge in [-0.2, -0.15) is 0 Å². The number of sulfone groups is 2. The normalized spacial score (nSPS) is 23.0. The number of rotatable bonds is 7. The lowest BCUT2D eigenvalue weighted by Gasteiger charge is -2.22. The predicted octanol–water partition coefficient (Wildman–Crippen LogP) is 1.46. The maximum atomic E-state index is 13.1. The van der Waals surface area contributed by atoms with Crippen LogP contribution >= 0.6 is 0 Å². The Balaban J connectivity index is 2.20. The molecule has 0 radical (unpaired) electrons. The van der Waals surface area contributed by atoms with Crippen LogP contribution in [0.5, 0.6) is 0 Å². The number of hydrogen-bond acceptors (Lipinski definition) is 6. The summed E-state index contributed by atoms with van der Waals surface area (Å²) in [7, 11) is -3.17. The topological polar surface area (TPSA) is 83.6 Å². The van der Waals surface area contributed by atoms with E-state index in [9.17, 15) is 16.8 Å². The minimum Gasteiger partial charge on any atom is -0.312 e. The SMILES string of the molecule is CN(C)CCCN[C@H]1CS(=O)(=O)C[C@@H]1S(=O)(=O)c1ccc(C(C)(C)C)cc1. The van der Waals surface area contributed by atoms with Crippen LogP contribution in [0.3, 0.4) is 0 Å². The molecule has 0 unspecified atom stereocenters. The zero-order valence-corrected chi connectivity index (χ0v) is 18.5. The van der Waals surface area contributed by atoms with E-state index in [1.807, 2.05) is 31.1 Å². The highest BCUT2D eigenvalue weighted by molar-refractivity contribution is 7.96. The van der Waals surface area contributed by atoms with Gasteiger partial charge in [0.25, 0.3) is 0 Å². The van der Waals surface area contributed by atoms with Gasteiger partial charge in [-0.15, -0.1) is 0 Å². The summed E-state index contributed by atoms with van der Waals surface area (Å²) in [4.78, 5) is 2.23. The fraction of sp³-hybridized carbons (Fsp3) is 0.684. The van der Waals surface area contributed by atoms with Crippen LogP contribution in [0.4, 0.5) is 0 Å². The van der Waals surface area contributed by atoms with Crippen LogP contribution in [-0.2, 0) is 25.1 Å². The van der Waals surface area contributed by atoms with Crippen molar-refractivity contribution in [1.29, 1.82) is 0 Å². The van der Waals surface area contributed by atoms with Gasteiger partial charge in [-0.1, -0.05) is 32.9 Å². The van der Waals surface area contributed by atoms with Crippen LogP contribution in [0.25, 0.3) is 0 Å². The summed E-state index contributed by atoms with van der Waals surface area (Å²) in [6.45, 7) is 7.64. The Labute approximate surface area is 164 Å². The number of benzene rings is 1. The molecule has 6 nitrogen and oxygen atoms in total. The molecule has 8 heteroatoms. The Morgan fingerprint density at radius 2 is 1.70 bits per heavy atom. The van der Waals surface area contributed by atoms with E-state index in [0.29, 0.717) is 6.54 Å². The zero-order chi connectivity index (χ0) is 20.5. The van der Waals surface area contributed by atoms with E-state index < -0.39 is 31.0 Å². The van der Waals surface area contributed by atoms with Crippen LogP contribution in [0.2, 0.25) is 0 Å². The van der Waals surface area contributed by atoms with Gasteiger partial charge in [0, 0.05) is 6.04 Å². The lowest BCUT2D eigenvalue weighted by Crippen LogP contribution is -2.44. The molecule has 1 aromatic carbocycles. The fourth-order valence-electron chi connectivity index (χ4n) is 3.31. The highest BCUT2D eigenvalue weighted by atomic mass is 32.2. The van der Waals surface area contributed by atoms with Gasteiger partial charge >= 0.3 is 0 Å². The van der Waals surface area contributed by atoms with Crippen molar-refractivity contribution in [1.82, 2.24) is 10.2 Å². The smallest absolute Gasteiger partial charge is 0.183 e. The van der Waals surface area contributed by atoms with Gasteiger partial charge in [-0.05, 0) is 56.7 Å². The highest BCUT2D eigenvalue weighted by Crippen LogP contribution is 2.28. The molecular weight excluding hydrogens is 384 g/mol. The van der Waals surface area contributed by atoms with Gasteiger partial charge in [0.05, 0.1) is 21.7 Å². The molecule has 1 aromatic rings. The number of nitrogens with zero attached hydrogens (tertiary/aromatic N) is 1. The van der Waals surface area contributed by atoms with E-state index in [4.69, 9.17) is 0 Å². The molecule has 0 bridgehead atoms. The van der Waals surface area contributed by atoms with Gasteiger partial charge in [0.15, 0.2) is 19.7 Å². The van der Waals surface area contributed by atoms with Crippen molar-refractivity contribution in [2.75, 3.05) is 38.7 Å². The third-order valence-corrected chi connectivity index (χ3v) is 9.10. The number of hydrogen-bond donors (Lipinski definition) is 1. The molecule has 0 amide bonds. The van der Waals surface area contributed by atoms with E-state index in [2.05, 4.69) is 26.1 Å². The van der Waals surface area contributed by atoms with E-state index in [0.717, 1.165) is 18.5 Å². The lowest BCUT2D eigenvalue weighted by molar-refractivity contribution is 0.388. The lowest BCUT2D eigenvalue weighted by atomic mass is 9.87. The second kappa shape index (κ2) is 8.19. The summed E-state index contributed by atoms with van der Waals surface area (Å²) < 4.78 is 50.5. The Bertz CT molecular complexity index is 839. The standard InChI is InChI=1S/C19H32N2O4S2/c1-19(2,3)15-7-9-16(10-8-15)27(24,25)18-14-26(22,23)13-17(18)20-11-6-12-21(4)5/h7-10,17-18,20H,6,11-14H2,1-5H3/t17-,18-/m0/s1. The first-order chi connectivity index (χ1) is 12.3. The molecule has 27 heavy (non-hydrogen) atoms. The first-order valence-electron chi connectivity index (χ1n) is 9.26. The van der Waals surface area contributed by atoms with Crippen molar-refractivity contribution >= 4 is 19.7 Å². The Morgan fingerprint density at radius 3 is 2.22 bits per heavy atom. The van der Waals surface area contributed by atoms with E-state index >= 15 is 0 Å². The highest BCUT2D eigenvalue weighted by Gasteiger charge is 2.45. The Hall–Kier alpha value is -0.960. The molecule has 2 atom stereocenters. The monoisotopic (exact) mass is 416 g/mol. The van der Waals surface area contributed by atoms with Gasteiger partial charge in [0.1, 0.15) is 0 Å². The van der Waals surface area contributed by atoms with Crippen LogP contribution in [0, 0.1) is 0 Å². The molecule has 1 heterocycles. The van der Waals surface area contributed by atoms with E-state index in [-0.39, 0.29) is 21.8 Å². The van der Waals surface area contributed by atoms with Crippen LogP contribution < -0.4 is 5.32 Å². The van der Waals surface area contributed by atoms with Gasteiger partial charge in [-0.3, -0.25) is 0 Å². The molecule has 1 N–H and O–H groups in total. The minimum absolute atomic E-state index is 0.0739. The van der Waals surface area contributed by atoms with E-state index in [1.165, 1.54) is 0 Å². The quantitative estimate of drug-likeness (QED) is 0.678. The third-order valence-electron chi connectivity index (χ3n) is 4.94. The molecule has 1 saturated heterocycles. The van der Waals surface area contributed by atoms with Crippen LogP contribution in [-0.4, -0.2) is 71.7 Å². The third kappa shape index (κ3) is 5.76. The summed E-state index contributed by atoms with van der Waals surface area (Å²) in [5.41, 5.74) is 0.967. The Kier molecular flexibility index (Phi) is 6.77. The molecule has 1 fully saturated rings. The largest absolute Gasteiger partial charge is 0.312 e. The average molecular weight is 417 g/mol. The summed E-state index contributed by atoms with van der Waals surface area (Å²) in [5.74, 6) is -0.444. The molecular formula is C19H32N2O4S2. The van der Waals surface area contributed by atoms with Gasteiger partial charge in [-0.25, -0.2) is 16.8 Å². The van der Waals surface area contributed by atoms with E-state index in [1.54, 1.807) is 12.1 Å². The summed E-state index contributed by atoms with van der Waals surface area (Å²) >= 11 is 0. The predicted molar refractivity (Wildman–Crippen MR) is 110 cm³/mol. The second-order valence-electron chi connectivity index (χ2n) is 8.65. The molecule has 1 aliphatic heterocycles. The average Bonchev–Trinajstić information content (AvgIpc) is 2.86. The molecule has 0 spiro atoms. The summed E-state index contributed by atoms with van der Waals surface area (Å²) in [6.07, 6.45) is 0.830. The molecule has 2 rings (SSSR count). The number of nitrogens with one attached hydrogen (secondary N) is 1. The first kappa shape index (κ1) is 22.3. The summed E-state index contributed by atoms with van der Waals surface area (Å²) in [5, 5.41) is 2.23. The molecule has 0 aliphatic carbocycles. The van der Waals surface area contributed by atoms with Crippen molar-refractivity contribution in [3.05, 3.63) is 29.8 Å². The van der Waals surface area contributed by atoms with Crippen LogP contribution in [0.15, 0.2) is 29.2 Å². The molecule has 154 valence electrons. The van der Waals surface area contributed by atoms with Crippen molar-refractivity contribution in [2.24, 2.45) is 0 Å². The van der Waals surface area contributed by atoms with Crippen molar-refractivity contribution in [3.63, 3.8) is 0 Å². The maximum absolute atomic E-state index is 13.1. The zero-order valence-electron chi connectivity index (χ0n) is 16.9.